The third-order valence-corrected chi connectivity index (χ3v) is 1.22. The average molecular weight is 138 g/mol. The van der Waals surface area contributed by atoms with E-state index in [1.165, 1.54) is 12.1 Å². The fourth-order valence-electron chi connectivity index (χ4n) is 0.662. The molecule has 0 aliphatic heterocycles. The molecule has 1 radical (unpaired) electrons. The van der Waals surface area contributed by atoms with Gasteiger partial charge in [0.15, 0.2) is 0 Å². The van der Waals surface area contributed by atoms with E-state index in [0.29, 0.717) is 5.56 Å². The zero-order chi connectivity index (χ0) is 7.56. The van der Waals surface area contributed by atoms with Crippen molar-refractivity contribution in [3.8, 4) is 11.5 Å². The lowest BCUT2D eigenvalue weighted by atomic mass is 10.2. The first-order valence-electron chi connectivity index (χ1n) is 2.86. The number of nitrogens with two attached hydrogens (primary N) is 1. The summed E-state index contributed by atoms with van der Waals surface area (Å²) in [6.45, 7) is 0.253. The van der Waals surface area contributed by atoms with E-state index < -0.39 is 0 Å². The lowest BCUT2D eigenvalue weighted by molar-refractivity contribution is 0.445. The molecule has 0 aromatic heterocycles. The maximum absolute atomic E-state index is 9.03. The Morgan fingerprint density at radius 1 is 1.50 bits per heavy atom. The number of benzene rings is 1. The minimum absolute atomic E-state index is 0.0127. The minimum atomic E-state index is -0.0744. The highest BCUT2D eigenvalue weighted by molar-refractivity contribution is 5.37. The Hall–Kier alpha value is -1.22. The number of rotatable bonds is 1. The van der Waals surface area contributed by atoms with Crippen LogP contribution in [0, 0.1) is 6.07 Å². The molecule has 0 unspecified atom stereocenters. The van der Waals surface area contributed by atoms with Crippen molar-refractivity contribution in [2.45, 2.75) is 6.54 Å². The third-order valence-electron chi connectivity index (χ3n) is 1.22. The summed E-state index contributed by atoms with van der Waals surface area (Å²) in [5, 5.41) is 17.8. The summed E-state index contributed by atoms with van der Waals surface area (Å²) in [6, 6.07) is 5.18. The predicted octanol–water partition coefficient (Wildman–Crippen LogP) is 0.357. The van der Waals surface area contributed by atoms with Crippen LogP contribution in [0.1, 0.15) is 5.56 Å². The second kappa shape index (κ2) is 2.58. The van der Waals surface area contributed by atoms with Crippen LogP contribution in [-0.2, 0) is 6.54 Å². The highest BCUT2D eigenvalue weighted by atomic mass is 16.3. The molecule has 0 saturated carbocycles. The maximum atomic E-state index is 9.03. The normalized spacial score (nSPS) is 9.70. The lowest BCUT2D eigenvalue weighted by Crippen LogP contribution is -1.95. The van der Waals surface area contributed by atoms with E-state index in [-0.39, 0.29) is 18.0 Å². The Kier molecular flexibility index (Phi) is 1.78. The number of phenols is 2. The SMILES string of the molecule is NCc1c[c]c(O)cc1O. The van der Waals surface area contributed by atoms with E-state index in [1.807, 2.05) is 0 Å². The first kappa shape index (κ1) is 6.89. The number of aromatic hydroxyl groups is 2. The van der Waals surface area contributed by atoms with Crippen LogP contribution >= 0.6 is 0 Å². The van der Waals surface area contributed by atoms with Gasteiger partial charge in [0.05, 0.1) is 0 Å². The molecule has 0 spiro atoms. The van der Waals surface area contributed by atoms with Gasteiger partial charge in [-0.1, -0.05) is 0 Å². The molecule has 0 saturated heterocycles. The summed E-state index contributed by atoms with van der Waals surface area (Å²) in [5.41, 5.74) is 5.82. The van der Waals surface area contributed by atoms with Gasteiger partial charge in [-0.2, -0.15) is 0 Å². The molecule has 0 aliphatic carbocycles. The van der Waals surface area contributed by atoms with Crippen LogP contribution in [0.25, 0.3) is 0 Å². The second-order valence-corrected chi connectivity index (χ2v) is 1.93. The van der Waals surface area contributed by atoms with Crippen LogP contribution in [0.2, 0.25) is 0 Å². The van der Waals surface area contributed by atoms with Gasteiger partial charge in [0, 0.05) is 24.2 Å². The van der Waals surface area contributed by atoms with Crippen molar-refractivity contribution < 1.29 is 10.2 Å². The molecule has 53 valence electrons. The molecule has 0 atom stereocenters. The molecule has 1 aromatic carbocycles. The molecule has 0 aliphatic rings. The Morgan fingerprint density at radius 3 is 2.70 bits per heavy atom. The highest BCUT2D eigenvalue weighted by Crippen LogP contribution is 2.20. The summed E-state index contributed by atoms with van der Waals surface area (Å²) in [5.74, 6) is -0.0616. The molecule has 4 N–H and O–H groups in total. The smallest absolute Gasteiger partial charge is 0.127 e. The fourth-order valence-corrected chi connectivity index (χ4v) is 0.662. The Bertz CT molecular complexity index is 235. The fraction of sp³-hybridized carbons (Fsp3) is 0.143. The van der Waals surface area contributed by atoms with Gasteiger partial charge in [-0.05, 0) is 6.07 Å². The van der Waals surface area contributed by atoms with Gasteiger partial charge < -0.3 is 15.9 Å². The molecular weight excluding hydrogens is 130 g/mol. The van der Waals surface area contributed by atoms with Gasteiger partial charge in [-0.25, -0.2) is 0 Å². The largest absolute Gasteiger partial charge is 0.507 e. The van der Waals surface area contributed by atoms with Crippen molar-refractivity contribution in [2.75, 3.05) is 0 Å². The first-order valence-corrected chi connectivity index (χ1v) is 2.86. The van der Waals surface area contributed by atoms with Crippen molar-refractivity contribution in [3.05, 3.63) is 23.8 Å². The highest BCUT2D eigenvalue weighted by Gasteiger charge is 1.98. The van der Waals surface area contributed by atoms with Gasteiger partial charge >= 0.3 is 0 Å². The van der Waals surface area contributed by atoms with E-state index >= 15 is 0 Å². The zero-order valence-corrected chi connectivity index (χ0v) is 5.33. The van der Waals surface area contributed by atoms with Gasteiger partial charge in [-0.3, -0.25) is 0 Å². The summed E-state index contributed by atoms with van der Waals surface area (Å²) >= 11 is 0. The Balaban J connectivity index is 3.07. The van der Waals surface area contributed by atoms with E-state index in [2.05, 4.69) is 6.07 Å². The van der Waals surface area contributed by atoms with Crippen molar-refractivity contribution in [2.24, 2.45) is 5.73 Å². The van der Waals surface area contributed by atoms with Crippen LogP contribution < -0.4 is 5.73 Å². The summed E-state index contributed by atoms with van der Waals surface area (Å²) in [4.78, 5) is 0. The quantitative estimate of drug-likeness (QED) is 0.524. The summed E-state index contributed by atoms with van der Waals surface area (Å²) in [6.07, 6.45) is 0. The zero-order valence-electron chi connectivity index (χ0n) is 5.33. The van der Waals surface area contributed by atoms with Crippen molar-refractivity contribution in [1.82, 2.24) is 0 Å². The minimum Gasteiger partial charge on any atom is -0.507 e. The van der Waals surface area contributed by atoms with Crippen molar-refractivity contribution in [1.29, 1.82) is 0 Å². The van der Waals surface area contributed by atoms with E-state index in [0.717, 1.165) is 0 Å². The molecule has 0 heterocycles. The molecule has 0 fully saturated rings. The Morgan fingerprint density at radius 2 is 2.20 bits per heavy atom. The van der Waals surface area contributed by atoms with E-state index in [9.17, 15) is 0 Å². The third kappa shape index (κ3) is 1.19. The van der Waals surface area contributed by atoms with Crippen LogP contribution in [0.3, 0.4) is 0 Å². The second-order valence-electron chi connectivity index (χ2n) is 1.93. The molecule has 10 heavy (non-hydrogen) atoms. The lowest BCUT2D eigenvalue weighted by Gasteiger charge is -1.99. The van der Waals surface area contributed by atoms with Gasteiger partial charge in [0.2, 0.25) is 0 Å². The van der Waals surface area contributed by atoms with Gasteiger partial charge in [0.25, 0.3) is 0 Å². The van der Waals surface area contributed by atoms with Crippen LogP contribution in [0.5, 0.6) is 11.5 Å². The molecular formula is C7H8NO2. The van der Waals surface area contributed by atoms with Crippen LogP contribution in [-0.4, -0.2) is 10.2 Å². The molecule has 3 heteroatoms. The topological polar surface area (TPSA) is 66.5 Å². The van der Waals surface area contributed by atoms with Crippen molar-refractivity contribution >= 4 is 0 Å². The molecule has 0 bridgehead atoms. The number of hydrogen-bond acceptors (Lipinski definition) is 3. The van der Waals surface area contributed by atoms with E-state index in [1.54, 1.807) is 0 Å². The predicted molar refractivity (Wildman–Crippen MR) is 36.5 cm³/mol. The first-order chi connectivity index (χ1) is 4.74. The summed E-state index contributed by atoms with van der Waals surface area (Å²) in [7, 11) is 0. The maximum Gasteiger partial charge on any atom is 0.127 e. The monoisotopic (exact) mass is 138 g/mol. The van der Waals surface area contributed by atoms with E-state index in [4.69, 9.17) is 15.9 Å². The average Bonchev–Trinajstić information content (AvgIpc) is 1.88. The molecule has 1 aromatic rings. The standard InChI is InChI=1S/C7H8NO2/c8-4-5-1-2-6(9)3-7(5)10/h1,3,9-10H,4,8H2. The molecule has 1 rings (SSSR count). The van der Waals surface area contributed by atoms with Gasteiger partial charge in [-0.15, -0.1) is 0 Å². The van der Waals surface area contributed by atoms with Gasteiger partial charge in [0.1, 0.15) is 11.5 Å². The molecule has 3 nitrogen and oxygen atoms in total. The Labute approximate surface area is 58.7 Å². The van der Waals surface area contributed by atoms with Crippen LogP contribution in [0.15, 0.2) is 12.1 Å². The number of hydrogen-bond donors (Lipinski definition) is 3. The number of phenolic OH excluding ortho intramolecular Hbond substituents is 2. The molecule has 0 amide bonds. The van der Waals surface area contributed by atoms with Crippen molar-refractivity contribution in [3.63, 3.8) is 0 Å². The summed E-state index contributed by atoms with van der Waals surface area (Å²) < 4.78 is 0. The van der Waals surface area contributed by atoms with Crippen LogP contribution in [0.4, 0.5) is 0 Å².